The molecule has 0 fully saturated rings. The highest BCUT2D eigenvalue weighted by atomic mass is 31.2. The molecular formula is C38H72NO4P. The molecule has 0 aliphatic carbocycles. The third kappa shape index (κ3) is 23.3. The molecule has 0 aromatic heterocycles. The Balaban J connectivity index is 4.03. The van der Waals surface area contributed by atoms with Gasteiger partial charge in [-0.2, -0.15) is 0 Å². The third-order valence-electron chi connectivity index (χ3n) is 8.68. The second-order valence-corrected chi connectivity index (χ2v) is 15.7. The van der Waals surface area contributed by atoms with E-state index in [9.17, 15) is 19.3 Å². The fourth-order valence-corrected chi connectivity index (χ4v) is 7.87. The van der Waals surface area contributed by atoms with E-state index in [-0.39, 0.29) is 19.4 Å². The summed E-state index contributed by atoms with van der Waals surface area (Å²) in [6, 6.07) is 0. The lowest BCUT2D eigenvalue weighted by Crippen LogP contribution is -2.27. The third-order valence-corrected chi connectivity index (χ3v) is 11.7. The first-order valence-electron chi connectivity index (χ1n) is 18.8. The molecule has 0 saturated carbocycles. The van der Waals surface area contributed by atoms with Crippen LogP contribution in [0.15, 0.2) is 24.3 Å². The Morgan fingerprint density at radius 1 is 0.523 bits per heavy atom. The molecule has 0 aromatic rings. The van der Waals surface area contributed by atoms with Crippen molar-refractivity contribution in [3.63, 3.8) is 0 Å². The smallest absolute Gasteiger partial charge is 0.239 e. The average molecular weight is 638 g/mol. The lowest BCUT2D eigenvalue weighted by Gasteiger charge is -2.20. The summed E-state index contributed by atoms with van der Waals surface area (Å²) in [5.41, 5.74) is 4.41. The van der Waals surface area contributed by atoms with Crippen LogP contribution in [0.1, 0.15) is 194 Å². The Morgan fingerprint density at radius 3 is 1.09 bits per heavy atom. The number of rotatable bonds is 34. The molecule has 258 valence electrons. The van der Waals surface area contributed by atoms with Crippen LogP contribution in [-0.2, 0) is 14.2 Å². The van der Waals surface area contributed by atoms with Crippen LogP contribution in [0.5, 0.6) is 0 Å². The van der Waals surface area contributed by atoms with E-state index in [2.05, 4.69) is 38.2 Å². The first-order chi connectivity index (χ1) is 21.4. The van der Waals surface area contributed by atoms with Gasteiger partial charge < -0.3 is 15.4 Å². The molecule has 0 heterocycles. The summed E-state index contributed by atoms with van der Waals surface area (Å²) in [5, 5.41) is 10.3. The van der Waals surface area contributed by atoms with Crippen molar-refractivity contribution in [1.29, 1.82) is 0 Å². The number of carbonyl (C=O) groups excluding carboxylic acids is 2. The molecule has 1 unspecified atom stereocenters. The molecular weight excluding hydrogens is 565 g/mol. The predicted molar refractivity (Wildman–Crippen MR) is 192 cm³/mol. The van der Waals surface area contributed by atoms with Crippen molar-refractivity contribution in [2.24, 2.45) is 5.73 Å². The minimum Gasteiger partial charge on any atom is -0.383 e. The minimum atomic E-state index is -4.03. The van der Waals surface area contributed by atoms with Crippen LogP contribution in [0.3, 0.4) is 0 Å². The quantitative estimate of drug-likeness (QED) is 0.0415. The fourth-order valence-electron chi connectivity index (χ4n) is 5.65. The topological polar surface area (TPSA) is 97.5 Å². The molecule has 0 rings (SSSR count). The van der Waals surface area contributed by atoms with Crippen molar-refractivity contribution >= 4 is 18.2 Å². The molecule has 0 bridgehead atoms. The summed E-state index contributed by atoms with van der Waals surface area (Å²) in [7, 11) is -4.03. The predicted octanol–water partition coefficient (Wildman–Crippen LogP) is 11.8. The Labute approximate surface area is 273 Å². The Hall–Kier alpha value is -1.03. The maximum Gasteiger partial charge on any atom is 0.239 e. The van der Waals surface area contributed by atoms with E-state index >= 15 is 0 Å². The first-order valence-corrected chi connectivity index (χ1v) is 20.6. The van der Waals surface area contributed by atoms with Crippen LogP contribution < -0.4 is 5.73 Å². The summed E-state index contributed by atoms with van der Waals surface area (Å²) in [6.07, 6.45) is 39.4. The monoisotopic (exact) mass is 638 g/mol. The summed E-state index contributed by atoms with van der Waals surface area (Å²) in [6.45, 7) is 4.17. The van der Waals surface area contributed by atoms with Crippen molar-refractivity contribution in [3.8, 4) is 0 Å². The number of aliphatic hydroxyl groups is 1. The molecule has 0 aromatic carbocycles. The number of aliphatic hydroxyl groups excluding tert-OH is 1. The second-order valence-electron chi connectivity index (χ2n) is 12.8. The first kappa shape index (κ1) is 43.0. The maximum atomic E-state index is 13.5. The zero-order valence-electron chi connectivity index (χ0n) is 29.1. The van der Waals surface area contributed by atoms with Gasteiger partial charge in [-0.15, -0.1) is 0 Å². The van der Waals surface area contributed by atoms with Crippen LogP contribution in [-0.4, -0.2) is 28.5 Å². The van der Waals surface area contributed by atoms with Gasteiger partial charge in [0.15, 0.2) is 0 Å². The summed E-state index contributed by atoms with van der Waals surface area (Å²) < 4.78 is 13.5. The van der Waals surface area contributed by atoms with Crippen LogP contribution in [0.4, 0.5) is 0 Å². The number of carbonyl (C=O) groups is 2. The normalized spacial score (nSPS) is 12.9. The average Bonchev–Trinajstić information content (AvgIpc) is 3.03. The van der Waals surface area contributed by atoms with E-state index in [1.165, 1.54) is 89.9 Å². The van der Waals surface area contributed by atoms with Crippen LogP contribution >= 0.6 is 7.14 Å². The van der Waals surface area contributed by atoms with Gasteiger partial charge in [0.1, 0.15) is 5.85 Å². The van der Waals surface area contributed by atoms with Crippen molar-refractivity contribution in [3.05, 3.63) is 24.3 Å². The lowest BCUT2D eigenvalue weighted by molar-refractivity contribution is -0.115. The van der Waals surface area contributed by atoms with Crippen molar-refractivity contribution < 1.29 is 19.3 Å². The van der Waals surface area contributed by atoms with Gasteiger partial charge in [-0.05, 0) is 64.2 Å². The molecule has 1 atom stereocenters. The van der Waals surface area contributed by atoms with E-state index in [1.54, 1.807) is 0 Å². The summed E-state index contributed by atoms with van der Waals surface area (Å²) >= 11 is 0. The molecule has 0 aliphatic heterocycles. The zero-order chi connectivity index (χ0) is 32.6. The van der Waals surface area contributed by atoms with Crippen molar-refractivity contribution in [1.82, 2.24) is 0 Å². The molecule has 5 nitrogen and oxygen atoms in total. The lowest BCUT2D eigenvalue weighted by atomic mass is 10.1. The highest BCUT2D eigenvalue weighted by Crippen LogP contribution is 2.53. The summed E-state index contributed by atoms with van der Waals surface area (Å²) in [4.78, 5) is 25.8. The van der Waals surface area contributed by atoms with E-state index in [0.29, 0.717) is 12.8 Å². The molecule has 0 radical (unpaired) electrons. The molecule has 44 heavy (non-hydrogen) atoms. The van der Waals surface area contributed by atoms with E-state index in [0.717, 1.165) is 64.2 Å². The van der Waals surface area contributed by atoms with Crippen LogP contribution in [0.2, 0.25) is 0 Å². The molecule has 0 spiro atoms. The number of nitrogens with two attached hydrogens (primary N) is 1. The van der Waals surface area contributed by atoms with Crippen molar-refractivity contribution in [2.45, 2.75) is 199 Å². The van der Waals surface area contributed by atoms with Gasteiger partial charge in [-0.1, -0.05) is 141 Å². The standard InChI is InChI=1S/C38H72NO4P/c1-3-5-7-9-11-13-15-17-19-21-23-25-27-29-31-33-36(40)44(43,38(42)35-39)37(41)34-32-30-28-26-24-22-20-18-16-14-12-10-8-6-4-2/h17-20,38,42H,3-16,21-35,39H2,1-2H3/b19-17-,20-18-. The van der Waals surface area contributed by atoms with E-state index in [1.807, 2.05) is 0 Å². The second kappa shape index (κ2) is 31.9. The van der Waals surface area contributed by atoms with Gasteiger partial charge >= 0.3 is 0 Å². The van der Waals surface area contributed by atoms with Gasteiger partial charge in [-0.3, -0.25) is 9.59 Å². The highest BCUT2D eigenvalue weighted by Gasteiger charge is 2.44. The maximum absolute atomic E-state index is 13.5. The minimum absolute atomic E-state index is 0.0879. The Kier molecular flexibility index (Phi) is 31.2. The largest absolute Gasteiger partial charge is 0.383 e. The van der Waals surface area contributed by atoms with Gasteiger partial charge in [0, 0.05) is 19.4 Å². The molecule has 6 heteroatoms. The number of hydrogen-bond donors (Lipinski definition) is 2. The number of unbranched alkanes of at least 4 members (excludes halogenated alkanes) is 22. The van der Waals surface area contributed by atoms with Gasteiger partial charge in [-0.25, -0.2) is 0 Å². The van der Waals surface area contributed by atoms with Gasteiger partial charge in [0.25, 0.3) is 0 Å². The summed E-state index contributed by atoms with van der Waals surface area (Å²) in [5.74, 6) is -1.55. The Morgan fingerprint density at radius 2 is 0.795 bits per heavy atom. The molecule has 0 amide bonds. The van der Waals surface area contributed by atoms with Gasteiger partial charge in [0.2, 0.25) is 18.2 Å². The van der Waals surface area contributed by atoms with E-state index in [4.69, 9.17) is 5.73 Å². The molecule has 3 N–H and O–H groups in total. The van der Waals surface area contributed by atoms with Crippen LogP contribution in [0, 0.1) is 0 Å². The Bertz CT molecular complexity index is 723. The van der Waals surface area contributed by atoms with Crippen LogP contribution in [0.25, 0.3) is 0 Å². The van der Waals surface area contributed by atoms with Crippen molar-refractivity contribution in [2.75, 3.05) is 6.54 Å². The zero-order valence-corrected chi connectivity index (χ0v) is 30.0. The van der Waals surface area contributed by atoms with Gasteiger partial charge in [0.05, 0.1) is 0 Å². The van der Waals surface area contributed by atoms with E-state index < -0.39 is 24.0 Å². The number of allylic oxidation sites excluding steroid dienone is 4. The fraction of sp³-hybridized carbons (Fsp3) is 0.842. The molecule has 0 saturated heterocycles. The highest BCUT2D eigenvalue weighted by molar-refractivity contribution is 7.94. The number of hydrogen-bond acceptors (Lipinski definition) is 5. The SMILES string of the molecule is CCCCCCCC/C=C\CCCCCCCC(=O)P(=O)(C(=O)CCCCCCC/C=C\CCCCCCCC)C(O)CN. The molecule has 0 aliphatic rings.